The van der Waals surface area contributed by atoms with Crippen molar-refractivity contribution in [1.29, 1.82) is 0 Å². The predicted octanol–water partition coefficient (Wildman–Crippen LogP) is 0.388. The first-order chi connectivity index (χ1) is 8.38. The third-order valence-corrected chi connectivity index (χ3v) is 4.14. The van der Waals surface area contributed by atoms with Gasteiger partial charge in [-0.15, -0.1) is 0 Å². The summed E-state index contributed by atoms with van der Waals surface area (Å²) < 4.78 is 24.3. The molecule has 108 valence electrons. The van der Waals surface area contributed by atoms with Crippen LogP contribution in [-0.2, 0) is 10.0 Å². The lowest BCUT2D eigenvalue weighted by molar-refractivity contribution is 0.229. The second-order valence-electron chi connectivity index (χ2n) is 5.38. The van der Waals surface area contributed by atoms with Crippen molar-refractivity contribution in [3.63, 3.8) is 0 Å². The van der Waals surface area contributed by atoms with Gasteiger partial charge in [0.1, 0.15) is 0 Å². The number of likely N-dealkylation sites (tertiary alicyclic amines) is 1. The van der Waals surface area contributed by atoms with Gasteiger partial charge in [-0.2, -0.15) is 0 Å². The van der Waals surface area contributed by atoms with Gasteiger partial charge in [-0.25, -0.2) is 13.1 Å². The Morgan fingerprint density at radius 2 is 1.94 bits per heavy atom. The van der Waals surface area contributed by atoms with Gasteiger partial charge in [0.15, 0.2) is 0 Å². The van der Waals surface area contributed by atoms with E-state index in [9.17, 15) is 8.42 Å². The molecule has 0 aromatic heterocycles. The Balaban J connectivity index is 2.20. The molecule has 1 unspecified atom stereocenters. The molecule has 0 aromatic carbocycles. The second kappa shape index (κ2) is 7.43. The highest BCUT2D eigenvalue weighted by molar-refractivity contribution is 7.88. The number of hydrogen-bond acceptors (Lipinski definition) is 4. The Morgan fingerprint density at radius 3 is 2.56 bits per heavy atom. The molecule has 0 aliphatic carbocycles. The highest BCUT2D eigenvalue weighted by Gasteiger charge is 2.17. The summed E-state index contributed by atoms with van der Waals surface area (Å²) in [6, 6.07) is 1.14. The van der Waals surface area contributed by atoms with Gasteiger partial charge in [0.05, 0.1) is 6.26 Å². The van der Waals surface area contributed by atoms with Crippen molar-refractivity contribution in [1.82, 2.24) is 14.9 Å². The molecule has 1 aliphatic rings. The molecule has 1 fully saturated rings. The lowest BCUT2D eigenvalue weighted by Crippen LogP contribution is -2.37. The summed E-state index contributed by atoms with van der Waals surface area (Å²) in [5, 5.41) is 3.44. The molecule has 5 nitrogen and oxygen atoms in total. The van der Waals surface area contributed by atoms with E-state index in [2.05, 4.69) is 28.8 Å². The zero-order valence-corrected chi connectivity index (χ0v) is 12.6. The fourth-order valence-electron chi connectivity index (χ4n) is 2.35. The van der Waals surface area contributed by atoms with E-state index < -0.39 is 10.0 Å². The van der Waals surface area contributed by atoms with Gasteiger partial charge in [0, 0.05) is 25.2 Å². The molecule has 18 heavy (non-hydrogen) atoms. The summed E-state index contributed by atoms with van der Waals surface area (Å²) in [4.78, 5) is 2.51. The van der Waals surface area contributed by atoms with Crippen LogP contribution in [0.15, 0.2) is 0 Å². The summed E-state index contributed by atoms with van der Waals surface area (Å²) in [6.07, 6.45) is 4.74. The molecule has 1 saturated heterocycles. The van der Waals surface area contributed by atoms with Gasteiger partial charge in [0.25, 0.3) is 0 Å². The molecule has 1 heterocycles. The number of sulfonamides is 1. The van der Waals surface area contributed by atoms with Gasteiger partial charge in [-0.1, -0.05) is 0 Å². The van der Waals surface area contributed by atoms with Crippen molar-refractivity contribution in [3.05, 3.63) is 0 Å². The molecule has 0 spiro atoms. The summed E-state index contributed by atoms with van der Waals surface area (Å²) in [5.41, 5.74) is 0. The van der Waals surface area contributed by atoms with Gasteiger partial charge in [-0.05, 0) is 46.2 Å². The smallest absolute Gasteiger partial charge is 0.208 e. The summed E-state index contributed by atoms with van der Waals surface area (Å²) in [6.45, 7) is 7.97. The first-order valence-electron chi connectivity index (χ1n) is 6.80. The van der Waals surface area contributed by atoms with Crippen LogP contribution in [0, 0.1) is 0 Å². The van der Waals surface area contributed by atoms with Crippen LogP contribution in [0.2, 0.25) is 0 Å². The zero-order chi connectivity index (χ0) is 13.6. The second-order valence-corrected chi connectivity index (χ2v) is 7.21. The van der Waals surface area contributed by atoms with Crippen LogP contribution in [0.5, 0.6) is 0 Å². The van der Waals surface area contributed by atoms with Gasteiger partial charge < -0.3 is 10.2 Å². The standard InChI is InChI=1S/C12H27N3O2S/c1-11(2)15-9-4-5-12(6-10-15)13-7-8-14-18(3,16)17/h11-14H,4-10H2,1-3H3. The highest BCUT2D eigenvalue weighted by Crippen LogP contribution is 2.12. The first-order valence-corrected chi connectivity index (χ1v) is 8.69. The summed E-state index contributed by atoms with van der Waals surface area (Å²) in [5.74, 6) is 0. The van der Waals surface area contributed by atoms with Crippen molar-refractivity contribution in [2.45, 2.75) is 45.2 Å². The maximum absolute atomic E-state index is 10.9. The number of rotatable bonds is 6. The summed E-state index contributed by atoms with van der Waals surface area (Å²) >= 11 is 0. The molecule has 0 radical (unpaired) electrons. The van der Waals surface area contributed by atoms with Crippen molar-refractivity contribution < 1.29 is 8.42 Å². The molecule has 0 amide bonds. The fraction of sp³-hybridized carbons (Fsp3) is 1.00. The first kappa shape index (κ1) is 15.9. The van der Waals surface area contributed by atoms with Gasteiger partial charge in [-0.3, -0.25) is 0 Å². The van der Waals surface area contributed by atoms with Crippen LogP contribution in [0.25, 0.3) is 0 Å². The van der Waals surface area contributed by atoms with E-state index >= 15 is 0 Å². The maximum Gasteiger partial charge on any atom is 0.208 e. The number of hydrogen-bond donors (Lipinski definition) is 2. The lowest BCUT2D eigenvalue weighted by Gasteiger charge is -2.24. The molecule has 0 saturated carbocycles. The van der Waals surface area contributed by atoms with E-state index in [1.165, 1.54) is 25.6 Å². The Hall–Kier alpha value is -0.170. The quantitative estimate of drug-likeness (QED) is 0.690. The maximum atomic E-state index is 10.9. The minimum atomic E-state index is -3.05. The molecule has 1 rings (SSSR count). The SMILES string of the molecule is CC(C)N1CCCC(NCCNS(C)(=O)=O)CC1. The van der Waals surface area contributed by atoms with E-state index in [4.69, 9.17) is 0 Å². The Bertz CT molecular complexity index is 330. The summed E-state index contributed by atoms with van der Waals surface area (Å²) in [7, 11) is -3.05. The molecule has 1 atom stereocenters. The molecular formula is C12H27N3O2S. The fourth-order valence-corrected chi connectivity index (χ4v) is 2.82. The zero-order valence-electron chi connectivity index (χ0n) is 11.8. The van der Waals surface area contributed by atoms with Crippen molar-refractivity contribution >= 4 is 10.0 Å². The van der Waals surface area contributed by atoms with Crippen LogP contribution in [-0.4, -0.2) is 57.8 Å². The van der Waals surface area contributed by atoms with Crippen molar-refractivity contribution in [2.24, 2.45) is 0 Å². The Kier molecular flexibility index (Phi) is 6.55. The molecule has 6 heteroatoms. The van der Waals surface area contributed by atoms with E-state index in [-0.39, 0.29) is 0 Å². The average Bonchev–Trinajstić information content (AvgIpc) is 2.48. The van der Waals surface area contributed by atoms with Crippen molar-refractivity contribution in [2.75, 3.05) is 32.4 Å². The predicted molar refractivity (Wildman–Crippen MR) is 75.2 cm³/mol. The highest BCUT2D eigenvalue weighted by atomic mass is 32.2. The van der Waals surface area contributed by atoms with Gasteiger partial charge in [0.2, 0.25) is 10.0 Å². The Labute approximate surface area is 111 Å². The van der Waals surface area contributed by atoms with Crippen LogP contribution in [0.4, 0.5) is 0 Å². The van der Waals surface area contributed by atoms with Crippen LogP contribution < -0.4 is 10.0 Å². The van der Waals surface area contributed by atoms with Crippen LogP contribution in [0.3, 0.4) is 0 Å². The van der Waals surface area contributed by atoms with Crippen LogP contribution >= 0.6 is 0 Å². The minimum absolute atomic E-state index is 0.475. The minimum Gasteiger partial charge on any atom is -0.313 e. The van der Waals surface area contributed by atoms with Gasteiger partial charge >= 0.3 is 0 Å². The largest absolute Gasteiger partial charge is 0.313 e. The molecule has 2 N–H and O–H groups in total. The van der Waals surface area contributed by atoms with E-state index in [1.54, 1.807) is 0 Å². The third-order valence-electron chi connectivity index (χ3n) is 3.42. The molecule has 1 aliphatic heterocycles. The van der Waals surface area contributed by atoms with Crippen molar-refractivity contribution in [3.8, 4) is 0 Å². The molecule has 0 aromatic rings. The average molecular weight is 277 g/mol. The Morgan fingerprint density at radius 1 is 1.22 bits per heavy atom. The van der Waals surface area contributed by atoms with Crippen LogP contribution in [0.1, 0.15) is 33.1 Å². The number of nitrogens with one attached hydrogen (secondary N) is 2. The number of nitrogens with zero attached hydrogens (tertiary/aromatic N) is 1. The third kappa shape index (κ3) is 6.68. The normalized spacial score (nSPS) is 23.2. The lowest BCUT2D eigenvalue weighted by atomic mass is 10.1. The van der Waals surface area contributed by atoms with E-state index in [0.717, 1.165) is 13.0 Å². The van der Waals surface area contributed by atoms with E-state index in [1.807, 2.05) is 0 Å². The topological polar surface area (TPSA) is 61.4 Å². The molecular weight excluding hydrogens is 250 g/mol. The van der Waals surface area contributed by atoms with E-state index in [0.29, 0.717) is 25.2 Å². The molecule has 0 bridgehead atoms. The monoisotopic (exact) mass is 277 g/mol.